The highest BCUT2D eigenvalue weighted by atomic mass is 32.1. The number of benzene rings is 1. The molecule has 110 valence electrons. The molecule has 0 aliphatic heterocycles. The Hall–Kier alpha value is -2.34. The van der Waals surface area contributed by atoms with Gasteiger partial charge in [-0.05, 0) is 35.7 Å². The first kappa shape index (κ1) is 15.1. The normalized spacial score (nSPS) is 9.95. The van der Waals surface area contributed by atoms with Crippen molar-refractivity contribution in [2.75, 3.05) is 11.9 Å². The lowest BCUT2D eigenvalue weighted by atomic mass is 10.3. The molecule has 0 aliphatic rings. The molecule has 0 spiro atoms. The van der Waals surface area contributed by atoms with E-state index in [1.807, 2.05) is 17.5 Å². The largest absolute Gasteiger partial charge is 0.484 e. The Bertz CT molecular complexity index is 594. The molecule has 1 aromatic carbocycles. The third kappa shape index (κ3) is 5.27. The minimum Gasteiger partial charge on any atom is -0.484 e. The van der Waals surface area contributed by atoms with Gasteiger partial charge >= 0.3 is 0 Å². The van der Waals surface area contributed by atoms with Crippen LogP contribution in [0, 0.1) is 0 Å². The van der Waals surface area contributed by atoms with Crippen molar-refractivity contribution in [1.29, 1.82) is 0 Å². The molecule has 1 heterocycles. The Kier molecular flexibility index (Phi) is 5.34. The third-order valence-electron chi connectivity index (χ3n) is 2.58. The first-order valence-electron chi connectivity index (χ1n) is 6.43. The number of thiophene rings is 1. The fourth-order valence-corrected chi connectivity index (χ4v) is 2.28. The molecule has 0 bridgehead atoms. The SMILES string of the molecule is CC(=O)Nc1ccc(OCC(=O)NCc2cccs2)cc1. The number of anilines is 1. The summed E-state index contributed by atoms with van der Waals surface area (Å²) < 4.78 is 5.38. The predicted octanol–water partition coefficient (Wildman–Crippen LogP) is 2.40. The zero-order valence-electron chi connectivity index (χ0n) is 11.6. The van der Waals surface area contributed by atoms with E-state index in [9.17, 15) is 9.59 Å². The van der Waals surface area contributed by atoms with Gasteiger partial charge in [-0.15, -0.1) is 11.3 Å². The van der Waals surface area contributed by atoms with Crippen LogP contribution in [0.1, 0.15) is 11.8 Å². The Morgan fingerprint density at radius 1 is 1.19 bits per heavy atom. The van der Waals surface area contributed by atoms with Crippen LogP contribution in [0.4, 0.5) is 5.69 Å². The van der Waals surface area contributed by atoms with Gasteiger partial charge in [-0.3, -0.25) is 9.59 Å². The number of hydrogen-bond donors (Lipinski definition) is 2. The van der Waals surface area contributed by atoms with E-state index in [2.05, 4.69) is 10.6 Å². The fourth-order valence-electron chi connectivity index (χ4n) is 1.64. The van der Waals surface area contributed by atoms with E-state index < -0.39 is 0 Å². The molecule has 2 amide bonds. The maximum Gasteiger partial charge on any atom is 0.258 e. The zero-order chi connectivity index (χ0) is 15.1. The predicted molar refractivity (Wildman–Crippen MR) is 82.4 cm³/mol. The quantitative estimate of drug-likeness (QED) is 0.861. The number of rotatable bonds is 6. The Labute approximate surface area is 126 Å². The molecular weight excluding hydrogens is 288 g/mol. The van der Waals surface area contributed by atoms with Gasteiger partial charge < -0.3 is 15.4 Å². The first-order chi connectivity index (χ1) is 10.1. The van der Waals surface area contributed by atoms with Crippen LogP contribution in [-0.2, 0) is 16.1 Å². The van der Waals surface area contributed by atoms with Gasteiger partial charge in [0, 0.05) is 17.5 Å². The van der Waals surface area contributed by atoms with E-state index in [1.54, 1.807) is 35.6 Å². The molecule has 2 rings (SSSR count). The second-order valence-corrected chi connectivity index (χ2v) is 5.38. The lowest BCUT2D eigenvalue weighted by Gasteiger charge is -2.08. The molecule has 5 nitrogen and oxygen atoms in total. The van der Waals surface area contributed by atoms with E-state index in [-0.39, 0.29) is 18.4 Å². The maximum absolute atomic E-state index is 11.6. The molecule has 0 aliphatic carbocycles. The third-order valence-corrected chi connectivity index (χ3v) is 3.46. The Morgan fingerprint density at radius 3 is 2.57 bits per heavy atom. The lowest BCUT2D eigenvalue weighted by molar-refractivity contribution is -0.123. The van der Waals surface area contributed by atoms with Crippen molar-refractivity contribution in [3.63, 3.8) is 0 Å². The molecule has 2 N–H and O–H groups in total. The van der Waals surface area contributed by atoms with E-state index in [1.165, 1.54) is 6.92 Å². The van der Waals surface area contributed by atoms with Crippen LogP contribution >= 0.6 is 11.3 Å². The summed E-state index contributed by atoms with van der Waals surface area (Å²) in [5, 5.41) is 7.41. The molecule has 0 saturated carbocycles. The van der Waals surface area contributed by atoms with Crippen molar-refractivity contribution in [3.8, 4) is 5.75 Å². The molecular formula is C15H16N2O3S. The van der Waals surface area contributed by atoms with Gasteiger partial charge in [0.25, 0.3) is 5.91 Å². The summed E-state index contributed by atoms with van der Waals surface area (Å²) in [6.07, 6.45) is 0. The van der Waals surface area contributed by atoms with Gasteiger partial charge in [0.2, 0.25) is 5.91 Å². The smallest absolute Gasteiger partial charge is 0.258 e. The molecule has 0 atom stereocenters. The van der Waals surface area contributed by atoms with E-state index >= 15 is 0 Å². The van der Waals surface area contributed by atoms with Crippen molar-refractivity contribution < 1.29 is 14.3 Å². The van der Waals surface area contributed by atoms with E-state index in [0.29, 0.717) is 18.0 Å². The number of carbonyl (C=O) groups is 2. The number of nitrogens with one attached hydrogen (secondary N) is 2. The van der Waals surface area contributed by atoms with Crippen LogP contribution in [-0.4, -0.2) is 18.4 Å². The van der Waals surface area contributed by atoms with Gasteiger partial charge in [-0.2, -0.15) is 0 Å². The highest BCUT2D eigenvalue weighted by Crippen LogP contribution is 2.15. The second-order valence-electron chi connectivity index (χ2n) is 4.35. The summed E-state index contributed by atoms with van der Waals surface area (Å²) in [5.41, 5.74) is 0.692. The summed E-state index contributed by atoms with van der Waals surface area (Å²) in [7, 11) is 0. The van der Waals surface area contributed by atoms with Crippen LogP contribution in [0.2, 0.25) is 0 Å². The second kappa shape index (κ2) is 7.44. The van der Waals surface area contributed by atoms with Gasteiger partial charge in [-0.1, -0.05) is 6.07 Å². The van der Waals surface area contributed by atoms with Crippen LogP contribution < -0.4 is 15.4 Å². The monoisotopic (exact) mass is 304 g/mol. The van der Waals surface area contributed by atoms with E-state index in [4.69, 9.17) is 4.74 Å². The number of ether oxygens (including phenoxy) is 1. The number of amides is 2. The Balaban J connectivity index is 1.74. The van der Waals surface area contributed by atoms with E-state index in [0.717, 1.165) is 4.88 Å². The topological polar surface area (TPSA) is 67.4 Å². The standard InChI is InChI=1S/C15H16N2O3S/c1-11(18)17-12-4-6-13(7-5-12)20-10-15(19)16-9-14-3-2-8-21-14/h2-8H,9-10H2,1H3,(H,16,19)(H,17,18). The van der Waals surface area contributed by atoms with Crippen molar-refractivity contribution in [1.82, 2.24) is 5.32 Å². The van der Waals surface area contributed by atoms with Gasteiger partial charge in [0.1, 0.15) is 5.75 Å². The van der Waals surface area contributed by atoms with Crippen LogP contribution in [0.5, 0.6) is 5.75 Å². The van der Waals surface area contributed by atoms with Gasteiger partial charge in [0.15, 0.2) is 6.61 Å². The fraction of sp³-hybridized carbons (Fsp3) is 0.200. The van der Waals surface area contributed by atoms with Crippen molar-refractivity contribution >= 4 is 28.8 Å². The summed E-state index contributed by atoms with van der Waals surface area (Å²) in [4.78, 5) is 23.6. The number of carbonyl (C=O) groups excluding carboxylic acids is 2. The summed E-state index contributed by atoms with van der Waals surface area (Å²) in [6.45, 7) is 1.93. The minimum absolute atomic E-state index is 0.0368. The molecule has 6 heteroatoms. The van der Waals surface area contributed by atoms with Crippen molar-refractivity contribution in [2.45, 2.75) is 13.5 Å². The highest BCUT2D eigenvalue weighted by Gasteiger charge is 2.03. The summed E-state index contributed by atoms with van der Waals surface area (Å²) >= 11 is 1.60. The average Bonchev–Trinajstić information content (AvgIpc) is 2.97. The molecule has 0 fully saturated rings. The Morgan fingerprint density at radius 2 is 1.95 bits per heavy atom. The number of hydrogen-bond acceptors (Lipinski definition) is 4. The van der Waals surface area contributed by atoms with Crippen LogP contribution in [0.15, 0.2) is 41.8 Å². The minimum atomic E-state index is -0.172. The van der Waals surface area contributed by atoms with Crippen LogP contribution in [0.3, 0.4) is 0 Å². The van der Waals surface area contributed by atoms with Gasteiger partial charge in [0.05, 0.1) is 6.54 Å². The molecule has 2 aromatic rings. The molecule has 0 saturated heterocycles. The molecule has 0 unspecified atom stereocenters. The molecule has 1 aromatic heterocycles. The first-order valence-corrected chi connectivity index (χ1v) is 7.31. The van der Waals surface area contributed by atoms with Crippen molar-refractivity contribution in [2.24, 2.45) is 0 Å². The summed E-state index contributed by atoms with van der Waals surface area (Å²) in [6, 6.07) is 10.8. The summed E-state index contributed by atoms with van der Waals surface area (Å²) in [5.74, 6) is 0.279. The maximum atomic E-state index is 11.6. The molecule has 21 heavy (non-hydrogen) atoms. The lowest BCUT2D eigenvalue weighted by Crippen LogP contribution is -2.28. The van der Waals surface area contributed by atoms with Gasteiger partial charge in [-0.25, -0.2) is 0 Å². The average molecular weight is 304 g/mol. The van der Waals surface area contributed by atoms with Crippen LogP contribution in [0.25, 0.3) is 0 Å². The molecule has 0 radical (unpaired) electrons. The highest BCUT2D eigenvalue weighted by molar-refractivity contribution is 7.09. The van der Waals surface area contributed by atoms with Crippen molar-refractivity contribution in [3.05, 3.63) is 46.7 Å². The zero-order valence-corrected chi connectivity index (χ0v) is 12.4.